The molecule has 0 saturated carbocycles. The maximum atomic E-state index is 6.55. The molecule has 0 atom stereocenters. The molecule has 0 radical (unpaired) electrons. The first kappa shape index (κ1) is 12.6. The molecule has 0 amide bonds. The Labute approximate surface area is 123 Å². The smallest absolute Gasteiger partial charge is 0.157 e. The molecular weight excluding hydrogens is 274 g/mol. The van der Waals surface area contributed by atoms with E-state index in [1.54, 1.807) is 0 Å². The molecule has 4 rings (SSSR count). The molecule has 1 aliphatic heterocycles. The van der Waals surface area contributed by atoms with Crippen molar-refractivity contribution in [3.63, 3.8) is 0 Å². The fourth-order valence-electron chi connectivity index (χ4n) is 3.31. The highest BCUT2D eigenvalue weighted by molar-refractivity contribution is 6.30. The van der Waals surface area contributed by atoms with E-state index in [-0.39, 0.29) is 0 Å². The van der Waals surface area contributed by atoms with Gasteiger partial charge < -0.3 is 4.74 Å². The highest BCUT2D eigenvalue weighted by atomic mass is 35.5. The van der Waals surface area contributed by atoms with Crippen molar-refractivity contribution in [3.8, 4) is 0 Å². The van der Waals surface area contributed by atoms with Crippen molar-refractivity contribution < 1.29 is 4.74 Å². The van der Waals surface area contributed by atoms with Crippen molar-refractivity contribution in [2.75, 3.05) is 13.2 Å². The number of fused-ring (bicyclic) bond motifs is 2. The molecule has 1 saturated heterocycles. The maximum absolute atomic E-state index is 6.55. The van der Waals surface area contributed by atoms with Gasteiger partial charge >= 0.3 is 0 Å². The lowest BCUT2D eigenvalue weighted by Crippen LogP contribution is -2.14. The predicted molar refractivity (Wildman–Crippen MR) is 77.4 cm³/mol. The summed E-state index contributed by atoms with van der Waals surface area (Å²) in [5.41, 5.74) is 4.39. The van der Waals surface area contributed by atoms with Gasteiger partial charge in [0.2, 0.25) is 0 Å². The van der Waals surface area contributed by atoms with Gasteiger partial charge in [0.05, 0.1) is 5.69 Å². The molecule has 2 aromatic heterocycles. The average Bonchev–Trinajstić information content (AvgIpc) is 2.93. The Morgan fingerprint density at radius 1 is 1.20 bits per heavy atom. The van der Waals surface area contributed by atoms with Gasteiger partial charge in [-0.05, 0) is 38.5 Å². The second-order valence-corrected chi connectivity index (χ2v) is 6.12. The van der Waals surface area contributed by atoms with Crippen LogP contribution in [0.5, 0.6) is 0 Å². The normalized spacial score (nSPS) is 20.2. The molecule has 1 aliphatic carbocycles. The number of hydrogen-bond donors (Lipinski definition) is 0. The molecule has 5 heteroatoms. The fourth-order valence-corrected chi connectivity index (χ4v) is 3.63. The molecule has 0 aromatic carbocycles. The molecule has 20 heavy (non-hydrogen) atoms. The largest absolute Gasteiger partial charge is 0.381 e. The second-order valence-electron chi connectivity index (χ2n) is 5.76. The first-order valence-corrected chi connectivity index (χ1v) is 7.85. The minimum atomic E-state index is 0.485. The zero-order chi connectivity index (χ0) is 13.5. The summed E-state index contributed by atoms with van der Waals surface area (Å²) in [7, 11) is 0. The summed E-state index contributed by atoms with van der Waals surface area (Å²) in [6.07, 6.45) is 6.58. The molecule has 106 valence electrons. The minimum absolute atomic E-state index is 0.485. The monoisotopic (exact) mass is 291 g/mol. The Bertz CT molecular complexity index is 646. The zero-order valence-corrected chi connectivity index (χ0v) is 12.2. The molecule has 0 bridgehead atoms. The Balaban J connectivity index is 1.80. The van der Waals surface area contributed by atoms with Gasteiger partial charge in [0.15, 0.2) is 5.65 Å². The van der Waals surface area contributed by atoms with E-state index in [2.05, 4.69) is 6.07 Å². The van der Waals surface area contributed by atoms with Gasteiger partial charge in [-0.2, -0.15) is 5.10 Å². The topological polar surface area (TPSA) is 39.4 Å². The summed E-state index contributed by atoms with van der Waals surface area (Å²) in [6, 6.07) is 2.11. The minimum Gasteiger partial charge on any atom is -0.381 e. The Kier molecular flexibility index (Phi) is 3.15. The van der Waals surface area contributed by atoms with E-state index in [4.69, 9.17) is 26.4 Å². The number of halogens is 1. The van der Waals surface area contributed by atoms with Gasteiger partial charge in [-0.25, -0.2) is 9.50 Å². The zero-order valence-electron chi connectivity index (χ0n) is 11.4. The third-order valence-corrected chi connectivity index (χ3v) is 4.86. The fraction of sp³-hybridized carbons (Fsp3) is 0.600. The van der Waals surface area contributed by atoms with Crippen LogP contribution in [0.4, 0.5) is 0 Å². The van der Waals surface area contributed by atoms with Crippen LogP contribution in [0.1, 0.15) is 48.6 Å². The summed E-state index contributed by atoms with van der Waals surface area (Å²) in [6.45, 7) is 1.66. The third-order valence-electron chi connectivity index (χ3n) is 4.47. The van der Waals surface area contributed by atoms with E-state index in [0.717, 1.165) is 55.4 Å². The van der Waals surface area contributed by atoms with Crippen molar-refractivity contribution >= 4 is 17.2 Å². The Morgan fingerprint density at radius 2 is 2.00 bits per heavy atom. The standard InChI is InChI=1S/C15H18ClN3O/c16-15-11-3-1-2-4-12(11)17-14-9-13(18-19(14)15)10-5-7-20-8-6-10/h9-10H,1-8H2. The molecule has 0 N–H and O–H groups in total. The quantitative estimate of drug-likeness (QED) is 0.758. The van der Waals surface area contributed by atoms with E-state index in [0.29, 0.717) is 5.92 Å². The number of aromatic nitrogens is 3. The lowest BCUT2D eigenvalue weighted by molar-refractivity contribution is 0.0844. The van der Waals surface area contributed by atoms with Crippen LogP contribution >= 0.6 is 11.6 Å². The molecule has 0 spiro atoms. The number of ether oxygens (including phenoxy) is 1. The van der Waals surface area contributed by atoms with Gasteiger partial charge in [0.1, 0.15) is 5.15 Å². The predicted octanol–water partition coefficient (Wildman–Crippen LogP) is 3.16. The molecule has 3 heterocycles. The van der Waals surface area contributed by atoms with Crippen LogP contribution in [0.3, 0.4) is 0 Å². The lowest BCUT2D eigenvalue weighted by atomic mass is 9.96. The third kappa shape index (κ3) is 2.02. The highest BCUT2D eigenvalue weighted by Crippen LogP contribution is 2.31. The lowest BCUT2D eigenvalue weighted by Gasteiger charge is -2.19. The van der Waals surface area contributed by atoms with Crippen molar-refractivity contribution in [2.24, 2.45) is 0 Å². The van der Waals surface area contributed by atoms with Crippen LogP contribution in [0, 0.1) is 0 Å². The van der Waals surface area contributed by atoms with Crippen molar-refractivity contribution in [3.05, 3.63) is 28.2 Å². The van der Waals surface area contributed by atoms with Gasteiger partial charge in [0, 0.05) is 36.5 Å². The van der Waals surface area contributed by atoms with E-state index >= 15 is 0 Å². The van der Waals surface area contributed by atoms with Crippen LogP contribution in [-0.2, 0) is 17.6 Å². The number of rotatable bonds is 1. The van der Waals surface area contributed by atoms with Crippen LogP contribution < -0.4 is 0 Å². The van der Waals surface area contributed by atoms with Crippen LogP contribution in [0.15, 0.2) is 6.07 Å². The number of hydrogen-bond acceptors (Lipinski definition) is 3. The first-order chi connectivity index (χ1) is 9.83. The molecular formula is C15H18ClN3O. The van der Waals surface area contributed by atoms with Gasteiger partial charge in [-0.15, -0.1) is 0 Å². The summed E-state index contributed by atoms with van der Waals surface area (Å²) < 4.78 is 7.25. The van der Waals surface area contributed by atoms with Crippen molar-refractivity contribution in [1.82, 2.24) is 14.6 Å². The van der Waals surface area contributed by atoms with E-state index in [9.17, 15) is 0 Å². The average molecular weight is 292 g/mol. The van der Waals surface area contributed by atoms with Gasteiger partial charge in [-0.1, -0.05) is 11.6 Å². The van der Waals surface area contributed by atoms with Crippen molar-refractivity contribution in [1.29, 1.82) is 0 Å². The first-order valence-electron chi connectivity index (χ1n) is 7.47. The van der Waals surface area contributed by atoms with Crippen molar-refractivity contribution in [2.45, 2.75) is 44.4 Å². The van der Waals surface area contributed by atoms with Crippen LogP contribution in [-0.4, -0.2) is 27.8 Å². The van der Waals surface area contributed by atoms with Gasteiger partial charge in [0.25, 0.3) is 0 Å². The number of nitrogens with zero attached hydrogens (tertiary/aromatic N) is 3. The summed E-state index contributed by atoms with van der Waals surface area (Å²) >= 11 is 6.55. The molecule has 2 aliphatic rings. The summed E-state index contributed by atoms with van der Waals surface area (Å²) in [5, 5.41) is 5.48. The SMILES string of the molecule is Clc1c2c(nc3cc(C4CCOCC4)nn13)CCCC2. The van der Waals surface area contributed by atoms with Crippen LogP contribution in [0.2, 0.25) is 5.15 Å². The molecule has 2 aromatic rings. The molecule has 0 unspecified atom stereocenters. The van der Waals surface area contributed by atoms with Gasteiger partial charge in [-0.3, -0.25) is 0 Å². The maximum Gasteiger partial charge on any atom is 0.157 e. The summed E-state index contributed by atoms with van der Waals surface area (Å²) in [5.74, 6) is 0.485. The number of aryl methyl sites for hydroxylation is 1. The van der Waals surface area contributed by atoms with E-state index < -0.39 is 0 Å². The van der Waals surface area contributed by atoms with E-state index in [1.165, 1.54) is 24.1 Å². The highest BCUT2D eigenvalue weighted by Gasteiger charge is 2.22. The molecule has 1 fully saturated rings. The molecule has 4 nitrogen and oxygen atoms in total. The Morgan fingerprint density at radius 3 is 2.85 bits per heavy atom. The second kappa shape index (κ2) is 5.01. The Hall–Kier alpha value is -1.13. The van der Waals surface area contributed by atoms with E-state index in [1.807, 2.05) is 4.52 Å². The summed E-state index contributed by atoms with van der Waals surface area (Å²) in [4.78, 5) is 4.78. The van der Waals surface area contributed by atoms with Crippen LogP contribution in [0.25, 0.3) is 5.65 Å².